The number of hydrogen-bond acceptors (Lipinski definition) is 2. The number of nitrogens with zero attached hydrogens (tertiary/aromatic N) is 2. The third kappa shape index (κ3) is 3.00. The first kappa shape index (κ1) is 14.7. The Balaban J connectivity index is 1.77. The zero-order chi connectivity index (χ0) is 15.7. The van der Waals surface area contributed by atoms with Crippen LogP contribution in [0, 0.1) is 18.6 Å². The first-order valence-electron chi connectivity index (χ1n) is 7.30. The molecule has 0 radical (unpaired) electrons. The van der Waals surface area contributed by atoms with E-state index in [4.69, 9.17) is 0 Å². The van der Waals surface area contributed by atoms with Crippen molar-refractivity contribution in [2.75, 3.05) is 13.1 Å². The van der Waals surface area contributed by atoms with Gasteiger partial charge < -0.3 is 9.88 Å². The number of rotatable bonds is 2. The zero-order valence-corrected chi connectivity index (χ0v) is 12.3. The second-order valence-electron chi connectivity index (χ2n) is 5.70. The summed E-state index contributed by atoms with van der Waals surface area (Å²) in [4.78, 5) is 21.6. The molecule has 2 aromatic rings. The highest BCUT2D eigenvalue weighted by molar-refractivity contribution is 5.94. The summed E-state index contributed by atoms with van der Waals surface area (Å²) in [6.45, 7) is 3.02. The van der Waals surface area contributed by atoms with Crippen molar-refractivity contribution in [1.29, 1.82) is 0 Å². The number of benzene rings is 1. The number of halogens is 2. The predicted octanol–water partition coefficient (Wildman–Crippen LogP) is 3.02. The summed E-state index contributed by atoms with van der Waals surface area (Å²) in [5.41, 5.74) is 1.03. The molecule has 2 heterocycles. The van der Waals surface area contributed by atoms with Gasteiger partial charge in [-0.3, -0.25) is 4.79 Å². The quantitative estimate of drug-likeness (QED) is 0.927. The SMILES string of the molecule is Cc1cnc(C2CCCN(C(=O)c3cc(F)cc(F)c3)C2)[nH]1. The zero-order valence-electron chi connectivity index (χ0n) is 12.3. The van der Waals surface area contributed by atoms with Gasteiger partial charge in [0.1, 0.15) is 17.5 Å². The van der Waals surface area contributed by atoms with E-state index in [1.165, 1.54) is 0 Å². The molecule has 116 valence electrons. The van der Waals surface area contributed by atoms with Crippen LogP contribution < -0.4 is 0 Å². The Bertz CT molecular complexity index is 678. The van der Waals surface area contributed by atoms with Crippen LogP contribution in [0.3, 0.4) is 0 Å². The van der Waals surface area contributed by atoms with Crippen LogP contribution >= 0.6 is 0 Å². The van der Waals surface area contributed by atoms with Gasteiger partial charge in [-0.15, -0.1) is 0 Å². The summed E-state index contributed by atoms with van der Waals surface area (Å²) in [6.07, 6.45) is 3.54. The molecule has 4 nitrogen and oxygen atoms in total. The number of aryl methyl sites for hydroxylation is 1. The molecule has 0 spiro atoms. The number of carbonyl (C=O) groups excluding carboxylic acids is 1. The fraction of sp³-hybridized carbons (Fsp3) is 0.375. The fourth-order valence-corrected chi connectivity index (χ4v) is 2.89. The molecule has 1 N–H and O–H groups in total. The van der Waals surface area contributed by atoms with Crippen molar-refractivity contribution < 1.29 is 13.6 Å². The molecular weight excluding hydrogens is 288 g/mol. The maximum atomic E-state index is 13.3. The van der Waals surface area contributed by atoms with E-state index in [-0.39, 0.29) is 17.4 Å². The van der Waals surface area contributed by atoms with Crippen LogP contribution in [0.1, 0.15) is 40.6 Å². The number of likely N-dealkylation sites (tertiary alicyclic amines) is 1. The fourth-order valence-electron chi connectivity index (χ4n) is 2.89. The van der Waals surface area contributed by atoms with Gasteiger partial charge in [0.05, 0.1) is 0 Å². The Labute approximate surface area is 127 Å². The minimum atomic E-state index is -0.737. The molecule has 1 amide bonds. The summed E-state index contributed by atoms with van der Waals surface area (Å²) in [6, 6.07) is 2.92. The molecule has 1 aromatic carbocycles. The number of carbonyl (C=O) groups is 1. The van der Waals surface area contributed by atoms with Crippen molar-refractivity contribution in [3.8, 4) is 0 Å². The average molecular weight is 305 g/mol. The van der Waals surface area contributed by atoms with Gasteiger partial charge in [0.15, 0.2) is 0 Å². The van der Waals surface area contributed by atoms with E-state index in [0.29, 0.717) is 13.1 Å². The number of imidazole rings is 1. The van der Waals surface area contributed by atoms with Crippen LogP contribution in [0.25, 0.3) is 0 Å². The van der Waals surface area contributed by atoms with Gasteiger partial charge in [0.25, 0.3) is 5.91 Å². The molecule has 1 aromatic heterocycles. The molecule has 1 aliphatic rings. The van der Waals surface area contributed by atoms with E-state index >= 15 is 0 Å². The Morgan fingerprint density at radius 1 is 1.32 bits per heavy atom. The lowest BCUT2D eigenvalue weighted by atomic mass is 9.96. The third-order valence-corrected chi connectivity index (χ3v) is 3.93. The minimum absolute atomic E-state index is 0.0498. The van der Waals surface area contributed by atoms with Crippen LogP contribution in [0.4, 0.5) is 8.78 Å². The molecular formula is C16H17F2N3O. The highest BCUT2D eigenvalue weighted by Gasteiger charge is 2.27. The van der Waals surface area contributed by atoms with Crippen molar-refractivity contribution in [1.82, 2.24) is 14.9 Å². The van der Waals surface area contributed by atoms with Crippen LogP contribution in [0.5, 0.6) is 0 Å². The third-order valence-electron chi connectivity index (χ3n) is 3.93. The highest BCUT2D eigenvalue weighted by atomic mass is 19.1. The maximum Gasteiger partial charge on any atom is 0.254 e. The lowest BCUT2D eigenvalue weighted by Gasteiger charge is -2.32. The van der Waals surface area contributed by atoms with Gasteiger partial charge >= 0.3 is 0 Å². The molecule has 1 saturated heterocycles. The van der Waals surface area contributed by atoms with Crippen LogP contribution in [-0.4, -0.2) is 33.9 Å². The number of aromatic amines is 1. The van der Waals surface area contributed by atoms with E-state index in [1.54, 1.807) is 11.1 Å². The summed E-state index contributed by atoms with van der Waals surface area (Å²) < 4.78 is 26.5. The van der Waals surface area contributed by atoms with Crippen LogP contribution in [0.15, 0.2) is 24.4 Å². The second kappa shape index (κ2) is 5.87. The van der Waals surface area contributed by atoms with Crippen molar-refractivity contribution in [3.05, 3.63) is 53.1 Å². The molecule has 0 bridgehead atoms. The summed E-state index contributed by atoms with van der Waals surface area (Å²) in [7, 11) is 0. The number of nitrogens with one attached hydrogen (secondary N) is 1. The molecule has 1 atom stereocenters. The Hall–Kier alpha value is -2.24. The molecule has 6 heteroatoms. The van der Waals surface area contributed by atoms with Gasteiger partial charge in [-0.05, 0) is 31.9 Å². The van der Waals surface area contributed by atoms with Gasteiger partial charge in [-0.1, -0.05) is 0 Å². The van der Waals surface area contributed by atoms with Crippen LogP contribution in [0.2, 0.25) is 0 Å². The van der Waals surface area contributed by atoms with E-state index in [0.717, 1.165) is 42.6 Å². The minimum Gasteiger partial charge on any atom is -0.346 e. The Morgan fingerprint density at radius 3 is 2.68 bits per heavy atom. The molecule has 22 heavy (non-hydrogen) atoms. The van der Waals surface area contributed by atoms with E-state index < -0.39 is 11.6 Å². The average Bonchev–Trinajstić information content (AvgIpc) is 2.92. The number of piperidine rings is 1. The van der Waals surface area contributed by atoms with Gasteiger partial charge in [0.2, 0.25) is 0 Å². The maximum absolute atomic E-state index is 13.3. The monoisotopic (exact) mass is 305 g/mol. The smallest absolute Gasteiger partial charge is 0.254 e. The van der Waals surface area contributed by atoms with Gasteiger partial charge in [-0.2, -0.15) is 0 Å². The number of H-pyrrole nitrogens is 1. The first-order chi connectivity index (χ1) is 10.5. The summed E-state index contributed by atoms with van der Waals surface area (Å²) >= 11 is 0. The summed E-state index contributed by atoms with van der Waals surface area (Å²) in [5, 5.41) is 0. The van der Waals surface area contributed by atoms with Crippen molar-refractivity contribution in [2.45, 2.75) is 25.7 Å². The largest absolute Gasteiger partial charge is 0.346 e. The summed E-state index contributed by atoms with van der Waals surface area (Å²) in [5.74, 6) is -0.825. The van der Waals surface area contributed by atoms with Crippen LogP contribution in [-0.2, 0) is 0 Å². The number of hydrogen-bond donors (Lipinski definition) is 1. The lowest BCUT2D eigenvalue weighted by molar-refractivity contribution is 0.0703. The van der Waals surface area contributed by atoms with Crippen molar-refractivity contribution in [2.24, 2.45) is 0 Å². The number of aromatic nitrogens is 2. The van der Waals surface area contributed by atoms with Gasteiger partial charge in [-0.25, -0.2) is 13.8 Å². The topological polar surface area (TPSA) is 49.0 Å². The van der Waals surface area contributed by atoms with E-state index in [9.17, 15) is 13.6 Å². The molecule has 0 saturated carbocycles. The van der Waals surface area contributed by atoms with E-state index in [2.05, 4.69) is 9.97 Å². The lowest BCUT2D eigenvalue weighted by Crippen LogP contribution is -2.39. The van der Waals surface area contributed by atoms with E-state index in [1.807, 2.05) is 6.92 Å². The Morgan fingerprint density at radius 2 is 2.05 bits per heavy atom. The normalized spacial score (nSPS) is 18.5. The highest BCUT2D eigenvalue weighted by Crippen LogP contribution is 2.26. The second-order valence-corrected chi connectivity index (χ2v) is 5.70. The molecule has 1 unspecified atom stereocenters. The molecule has 3 rings (SSSR count). The van der Waals surface area contributed by atoms with Crippen molar-refractivity contribution >= 4 is 5.91 Å². The first-order valence-corrected chi connectivity index (χ1v) is 7.30. The molecule has 1 fully saturated rings. The standard InChI is InChI=1S/C16H17F2N3O/c1-10-8-19-15(20-10)11-3-2-4-21(9-11)16(22)12-5-13(17)7-14(18)6-12/h5-8,11H,2-4,9H2,1H3,(H,19,20). The Kier molecular flexibility index (Phi) is 3.92. The molecule has 0 aliphatic carbocycles. The number of amides is 1. The predicted molar refractivity (Wildman–Crippen MR) is 77.6 cm³/mol. The van der Waals surface area contributed by atoms with Crippen molar-refractivity contribution in [3.63, 3.8) is 0 Å². The molecule has 1 aliphatic heterocycles. The van der Waals surface area contributed by atoms with Gasteiger partial charge in [0, 0.05) is 42.5 Å².